The Kier molecular flexibility index (Phi) is 13.0. The molecule has 4 aromatic rings. The SMILES string of the molecule is Cc1ccc(N2CCN(C(=O)C3CCS(=O)(=O)CC3)C(c3ccc(F)cc3)C2)cn1.O=C(C1CCS(=O)(=O)CC1)N1CCN(c2ccc(C3CC3)nc2)CC1c1ccc(F)cc1. The molecule has 2 aromatic heterocycles. The van der Waals surface area contributed by atoms with Crippen LogP contribution < -0.4 is 9.80 Å². The van der Waals surface area contributed by atoms with Gasteiger partial charge in [0.1, 0.15) is 31.3 Å². The van der Waals surface area contributed by atoms with Crippen LogP contribution in [0.1, 0.15) is 79.0 Å². The quantitative estimate of drug-likeness (QED) is 0.215. The molecule has 4 aliphatic heterocycles. The molecule has 2 aromatic carbocycles. The van der Waals surface area contributed by atoms with E-state index < -0.39 is 19.7 Å². The zero-order chi connectivity index (χ0) is 43.6. The van der Waals surface area contributed by atoms with Crippen molar-refractivity contribution in [1.29, 1.82) is 0 Å². The van der Waals surface area contributed by atoms with Crippen LogP contribution in [0.2, 0.25) is 0 Å². The van der Waals surface area contributed by atoms with Gasteiger partial charge in [-0.3, -0.25) is 19.6 Å². The lowest BCUT2D eigenvalue weighted by Crippen LogP contribution is -2.53. The summed E-state index contributed by atoms with van der Waals surface area (Å²) in [5.41, 5.74) is 5.86. The van der Waals surface area contributed by atoms with Crippen molar-refractivity contribution in [2.45, 2.75) is 63.5 Å². The van der Waals surface area contributed by atoms with E-state index in [1.165, 1.54) is 37.1 Å². The first-order valence-electron chi connectivity index (χ1n) is 21.6. The number of sulfone groups is 2. The maximum absolute atomic E-state index is 13.6. The molecule has 1 saturated carbocycles. The third kappa shape index (κ3) is 10.4. The van der Waals surface area contributed by atoms with Gasteiger partial charge >= 0.3 is 0 Å². The van der Waals surface area contributed by atoms with Crippen molar-refractivity contribution in [2.24, 2.45) is 11.8 Å². The molecule has 330 valence electrons. The molecule has 62 heavy (non-hydrogen) atoms. The average Bonchev–Trinajstić information content (AvgIpc) is 4.13. The molecule has 0 spiro atoms. The summed E-state index contributed by atoms with van der Waals surface area (Å²) in [6.07, 6.45) is 7.68. The second-order valence-electron chi connectivity index (χ2n) is 17.3. The molecule has 6 heterocycles. The number of aryl methyl sites for hydroxylation is 1. The van der Waals surface area contributed by atoms with Crippen molar-refractivity contribution in [3.63, 3.8) is 0 Å². The van der Waals surface area contributed by atoms with Crippen molar-refractivity contribution in [1.82, 2.24) is 19.8 Å². The van der Waals surface area contributed by atoms with E-state index in [0.717, 1.165) is 33.9 Å². The lowest BCUT2D eigenvalue weighted by Gasteiger charge is -2.44. The molecule has 9 rings (SSSR count). The molecule has 4 saturated heterocycles. The number of halogens is 2. The molecule has 0 N–H and O–H groups in total. The Labute approximate surface area is 363 Å². The number of carbonyl (C=O) groups is 2. The summed E-state index contributed by atoms with van der Waals surface area (Å²) in [5, 5.41) is 0. The summed E-state index contributed by atoms with van der Waals surface area (Å²) >= 11 is 0. The average molecular weight is 889 g/mol. The fourth-order valence-corrected chi connectivity index (χ4v) is 12.1. The first-order chi connectivity index (χ1) is 29.7. The van der Waals surface area contributed by atoms with Crippen LogP contribution in [0.15, 0.2) is 85.2 Å². The van der Waals surface area contributed by atoms with Gasteiger partial charge in [0.25, 0.3) is 0 Å². The standard InChI is InChI=1S/C24H28FN3O3S.C22H26FN3O3S/c25-20-5-3-18(4-6-20)23-16-27(21-7-8-22(26-15-21)17-1-2-17)11-12-28(23)24(29)19-9-13-32(30,31)14-10-19;1-16-2-7-20(14-24-16)25-10-11-26(21(15-25)17-3-5-19(23)6-4-17)22(27)18-8-12-30(28,29)13-9-18/h3-8,15,17,19,23H,1-2,9-14,16H2;2-7,14,18,21H,8-13,15H2,1H3. The molecule has 2 amide bonds. The summed E-state index contributed by atoms with van der Waals surface area (Å²) in [6.45, 7) is 5.51. The van der Waals surface area contributed by atoms with Gasteiger partial charge in [-0.2, -0.15) is 0 Å². The topological polar surface area (TPSA) is 141 Å². The molecule has 0 bridgehead atoms. The highest BCUT2D eigenvalue weighted by Crippen LogP contribution is 2.40. The third-order valence-electron chi connectivity index (χ3n) is 13.0. The van der Waals surface area contributed by atoms with Crippen LogP contribution >= 0.6 is 0 Å². The number of hydrogen-bond acceptors (Lipinski definition) is 10. The fourth-order valence-electron chi connectivity index (χ4n) is 9.10. The Morgan fingerprint density at radius 1 is 0.548 bits per heavy atom. The largest absolute Gasteiger partial charge is 0.366 e. The molecular formula is C46H54F2N6O6S2. The maximum atomic E-state index is 13.6. The predicted octanol–water partition coefficient (Wildman–Crippen LogP) is 6.06. The number of hydrogen-bond donors (Lipinski definition) is 0. The highest BCUT2D eigenvalue weighted by Gasteiger charge is 2.39. The summed E-state index contributed by atoms with van der Waals surface area (Å²) in [6, 6.07) is 20.3. The zero-order valence-electron chi connectivity index (χ0n) is 35.0. The number of carbonyl (C=O) groups excluding carboxylic acids is 2. The minimum absolute atomic E-state index is 0.000839. The zero-order valence-corrected chi connectivity index (χ0v) is 36.6. The van der Waals surface area contributed by atoms with Gasteiger partial charge in [-0.25, -0.2) is 25.6 Å². The van der Waals surface area contributed by atoms with Crippen molar-refractivity contribution in [2.75, 3.05) is 72.1 Å². The molecule has 5 aliphatic rings. The van der Waals surface area contributed by atoms with Gasteiger partial charge in [0.2, 0.25) is 11.8 Å². The lowest BCUT2D eigenvalue weighted by molar-refractivity contribution is -0.139. The Balaban J connectivity index is 0.000000171. The highest BCUT2D eigenvalue weighted by atomic mass is 32.2. The van der Waals surface area contributed by atoms with E-state index in [1.807, 2.05) is 41.2 Å². The van der Waals surface area contributed by atoms with Crippen LogP contribution in [-0.2, 0) is 29.3 Å². The predicted molar refractivity (Wildman–Crippen MR) is 234 cm³/mol. The number of nitrogens with zero attached hydrogens (tertiary/aromatic N) is 6. The molecule has 0 radical (unpaired) electrons. The molecule has 2 atom stereocenters. The number of anilines is 2. The molecule has 1 aliphatic carbocycles. The van der Waals surface area contributed by atoms with Crippen molar-refractivity contribution >= 4 is 42.9 Å². The number of benzene rings is 2. The minimum atomic E-state index is -3.03. The second-order valence-corrected chi connectivity index (χ2v) is 21.9. The van der Waals surface area contributed by atoms with Crippen LogP contribution in [0.3, 0.4) is 0 Å². The van der Waals surface area contributed by atoms with E-state index in [2.05, 4.69) is 31.9 Å². The van der Waals surface area contributed by atoms with Crippen LogP contribution in [0, 0.1) is 30.4 Å². The maximum Gasteiger partial charge on any atom is 0.226 e. The normalized spacial score (nSPS) is 23.0. The summed E-state index contributed by atoms with van der Waals surface area (Å²) in [4.78, 5) is 43.9. The first kappa shape index (κ1) is 43.7. The first-order valence-corrected chi connectivity index (χ1v) is 25.3. The minimum Gasteiger partial charge on any atom is -0.366 e. The van der Waals surface area contributed by atoms with Gasteiger partial charge in [0, 0.05) is 68.4 Å². The van der Waals surface area contributed by atoms with Crippen molar-refractivity contribution < 1.29 is 35.2 Å². The number of rotatable bonds is 7. The Hall–Kier alpha value is -4.96. The van der Waals surface area contributed by atoms with Gasteiger partial charge in [0.15, 0.2) is 0 Å². The molecular weight excluding hydrogens is 835 g/mol. The molecule has 2 unspecified atom stereocenters. The van der Waals surface area contributed by atoms with E-state index in [0.29, 0.717) is 70.9 Å². The number of aromatic nitrogens is 2. The van der Waals surface area contributed by atoms with E-state index >= 15 is 0 Å². The summed E-state index contributed by atoms with van der Waals surface area (Å²) in [5.74, 6) is -0.272. The van der Waals surface area contributed by atoms with Crippen LogP contribution in [0.4, 0.5) is 20.2 Å². The smallest absolute Gasteiger partial charge is 0.226 e. The van der Waals surface area contributed by atoms with Crippen molar-refractivity contribution in [3.8, 4) is 0 Å². The Morgan fingerprint density at radius 2 is 0.968 bits per heavy atom. The van der Waals surface area contributed by atoms with Gasteiger partial charge in [0.05, 0.1) is 58.9 Å². The fraction of sp³-hybridized carbons (Fsp3) is 0.478. The van der Waals surface area contributed by atoms with E-state index in [1.54, 1.807) is 24.3 Å². The number of piperazine rings is 2. The van der Waals surface area contributed by atoms with E-state index in [9.17, 15) is 35.2 Å². The van der Waals surface area contributed by atoms with Gasteiger partial charge < -0.3 is 19.6 Å². The van der Waals surface area contributed by atoms with Crippen molar-refractivity contribution in [3.05, 3.63) is 119 Å². The molecule has 16 heteroatoms. The summed E-state index contributed by atoms with van der Waals surface area (Å²) in [7, 11) is -6.05. The Bertz CT molecular complexity index is 2410. The van der Waals surface area contributed by atoms with Crippen LogP contribution in [-0.4, -0.2) is 111 Å². The summed E-state index contributed by atoms with van der Waals surface area (Å²) < 4.78 is 74.2. The van der Waals surface area contributed by atoms with E-state index in [4.69, 9.17) is 0 Å². The number of pyridine rings is 2. The number of amides is 2. The lowest BCUT2D eigenvalue weighted by atomic mass is 9.96. The molecule has 12 nitrogen and oxygen atoms in total. The van der Waals surface area contributed by atoms with Crippen LogP contribution in [0.25, 0.3) is 0 Å². The second kappa shape index (κ2) is 18.4. The van der Waals surface area contributed by atoms with Gasteiger partial charge in [-0.05, 0) is 105 Å². The highest BCUT2D eigenvalue weighted by molar-refractivity contribution is 7.91. The van der Waals surface area contributed by atoms with Crippen LogP contribution in [0.5, 0.6) is 0 Å². The third-order valence-corrected chi connectivity index (χ3v) is 16.5. The van der Waals surface area contributed by atoms with Gasteiger partial charge in [-0.1, -0.05) is 24.3 Å². The van der Waals surface area contributed by atoms with E-state index in [-0.39, 0.29) is 70.4 Å². The molecule has 5 fully saturated rings. The Morgan fingerprint density at radius 3 is 1.34 bits per heavy atom. The van der Waals surface area contributed by atoms with Gasteiger partial charge in [-0.15, -0.1) is 0 Å². The monoisotopic (exact) mass is 888 g/mol.